The third-order valence-corrected chi connectivity index (χ3v) is 3.31. The van der Waals surface area contributed by atoms with Crippen molar-refractivity contribution < 1.29 is 5.11 Å². The fraction of sp³-hybridized carbons (Fsp3) is 0.615. The van der Waals surface area contributed by atoms with Crippen molar-refractivity contribution in [1.82, 2.24) is 4.98 Å². The summed E-state index contributed by atoms with van der Waals surface area (Å²) in [5, 5.41) is 10.1. The summed E-state index contributed by atoms with van der Waals surface area (Å²) in [7, 11) is 0. The van der Waals surface area contributed by atoms with Gasteiger partial charge in [-0.2, -0.15) is 0 Å². The zero-order chi connectivity index (χ0) is 10.7. The largest absolute Gasteiger partial charge is 0.388 e. The summed E-state index contributed by atoms with van der Waals surface area (Å²) in [6.07, 6.45) is 9.45. The van der Waals surface area contributed by atoms with Gasteiger partial charge in [-0.3, -0.25) is 4.98 Å². The second-order valence-corrected chi connectivity index (χ2v) is 4.70. The van der Waals surface area contributed by atoms with Gasteiger partial charge >= 0.3 is 0 Å². The van der Waals surface area contributed by atoms with Crippen molar-refractivity contribution in [2.24, 2.45) is 5.92 Å². The molecule has 0 amide bonds. The van der Waals surface area contributed by atoms with Gasteiger partial charge in [0.1, 0.15) is 0 Å². The predicted octanol–water partition coefficient (Wildman–Crippen LogP) is 3.00. The van der Waals surface area contributed by atoms with E-state index in [0.717, 1.165) is 23.5 Å². The van der Waals surface area contributed by atoms with Crippen LogP contribution in [0.15, 0.2) is 18.5 Å². The normalized spacial score (nSPS) is 19.3. The van der Waals surface area contributed by atoms with Crippen LogP contribution in [0.3, 0.4) is 0 Å². The molecule has 1 aliphatic carbocycles. The quantitative estimate of drug-likeness (QED) is 0.822. The lowest BCUT2D eigenvalue weighted by molar-refractivity contribution is 0.144. The second-order valence-electron chi connectivity index (χ2n) is 4.70. The van der Waals surface area contributed by atoms with E-state index in [9.17, 15) is 5.11 Å². The lowest BCUT2D eigenvalue weighted by Gasteiger charge is -2.15. The van der Waals surface area contributed by atoms with Gasteiger partial charge in [0.05, 0.1) is 6.10 Å². The van der Waals surface area contributed by atoms with Gasteiger partial charge in [0.15, 0.2) is 0 Å². The van der Waals surface area contributed by atoms with Crippen molar-refractivity contribution in [3.63, 3.8) is 0 Å². The standard InChI is InChI=1S/C13H19NO/c1-10-6-12(9-14-8-10)13(15)7-11-4-2-3-5-11/h6,8-9,11,13,15H,2-5,7H2,1H3. The maximum absolute atomic E-state index is 10.1. The molecular formula is C13H19NO. The fourth-order valence-electron chi connectivity index (χ4n) is 2.46. The molecule has 1 aliphatic rings. The first-order chi connectivity index (χ1) is 7.25. The molecule has 0 bridgehead atoms. The first-order valence-corrected chi connectivity index (χ1v) is 5.85. The highest BCUT2D eigenvalue weighted by atomic mass is 16.3. The lowest BCUT2D eigenvalue weighted by atomic mass is 9.96. The SMILES string of the molecule is Cc1cncc(C(O)CC2CCCC2)c1. The van der Waals surface area contributed by atoms with Gasteiger partial charge in [-0.25, -0.2) is 0 Å². The van der Waals surface area contributed by atoms with Crippen molar-refractivity contribution in [3.8, 4) is 0 Å². The van der Waals surface area contributed by atoms with Crippen LogP contribution >= 0.6 is 0 Å². The van der Waals surface area contributed by atoms with Crippen LogP contribution in [0, 0.1) is 12.8 Å². The first-order valence-electron chi connectivity index (χ1n) is 5.85. The van der Waals surface area contributed by atoms with E-state index in [4.69, 9.17) is 0 Å². The molecule has 0 aliphatic heterocycles. The molecule has 2 heteroatoms. The predicted molar refractivity (Wildman–Crippen MR) is 60.5 cm³/mol. The summed E-state index contributed by atoms with van der Waals surface area (Å²) in [5.74, 6) is 0.723. The third kappa shape index (κ3) is 2.78. The summed E-state index contributed by atoms with van der Waals surface area (Å²) in [5.41, 5.74) is 2.10. The summed E-state index contributed by atoms with van der Waals surface area (Å²) < 4.78 is 0. The molecule has 0 saturated heterocycles. The molecule has 2 rings (SSSR count). The number of aromatic nitrogens is 1. The molecule has 82 valence electrons. The Morgan fingerprint density at radius 1 is 1.40 bits per heavy atom. The minimum atomic E-state index is -0.319. The molecule has 2 nitrogen and oxygen atoms in total. The van der Waals surface area contributed by atoms with Crippen LogP contribution in [0.1, 0.15) is 49.3 Å². The van der Waals surface area contributed by atoms with E-state index in [1.807, 2.05) is 19.2 Å². The second kappa shape index (κ2) is 4.75. The molecule has 1 fully saturated rings. The molecule has 1 unspecified atom stereocenters. The van der Waals surface area contributed by atoms with Crippen molar-refractivity contribution in [1.29, 1.82) is 0 Å². The van der Waals surface area contributed by atoms with Crippen LogP contribution in [-0.2, 0) is 0 Å². The van der Waals surface area contributed by atoms with Crippen molar-refractivity contribution >= 4 is 0 Å². The topological polar surface area (TPSA) is 33.1 Å². The van der Waals surface area contributed by atoms with E-state index in [1.54, 1.807) is 6.20 Å². The van der Waals surface area contributed by atoms with E-state index in [-0.39, 0.29) is 6.10 Å². The molecule has 15 heavy (non-hydrogen) atoms. The molecule has 1 atom stereocenters. The van der Waals surface area contributed by atoms with Gasteiger partial charge < -0.3 is 5.11 Å². The van der Waals surface area contributed by atoms with E-state index >= 15 is 0 Å². The summed E-state index contributed by atoms with van der Waals surface area (Å²) in [4.78, 5) is 4.12. The Bertz CT molecular complexity index is 318. The zero-order valence-corrected chi connectivity index (χ0v) is 9.32. The molecule has 0 aromatic carbocycles. The summed E-state index contributed by atoms with van der Waals surface area (Å²) in [6, 6.07) is 2.03. The average Bonchev–Trinajstić information content (AvgIpc) is 2.70. The van der Waals surface area contributed by atoms with Gasteiger partial charge in [-0.1, -0.05) is 31.7 Å². The average molecular weight is 205 g/mol. The Morgan fingerprint density at radius 2 is 2.13 bits per heavy atom. The number of rotatable bonds is 3. The van der Waals surface area contributed by atoms with Crippen molar-refractivity contribution in [2.45, 2.75) is 45.1 Å². The minimum Gasteiger partial charge on any atom is -0.388 e. The van der Waals surface area contributed by atoms with E-state index in [1.165, 1.54) is 25.7 Å². The molecular weight excluding hydrogens is 186 g/mol. The zero-order valence-electron chi connectivity index (χ0n) is 9.32. The van der Waals surface area contributed by atoms with E-state index in [0.29, 0.717) is 0 Å². The third-order valence-electron chi connectivity index (χ3n) is 3.31. The van der Waals surface area contributed by atoms with Crippen LogP contribution < -0.4 is 0 Å². The molecule has 1 N–H and O–H groups in total. The number of pyridine rings is 1. The van der Waals surface area contributed by atoms with E-state index < -0.39 is 0 Å². The number of hydrogen-bond acceptors (Lipinski definition) is 2. The Kier molecular flexibility index (Phi) is 3.37. The molecule has 1 aromatic rings. The monoisotopic (exact) mass is 205 g/mol. The Morgan fingerprint density at radius 3 is 2.80 bits per heavy atom. The number of hydrogen-bond donors (Lipinski definition) is 1. The van der Waals surface area contributed by atoms with Crippen LogP contribution in [-0.4, -0.2) is 10.1 Å². The number of aryl methyl sites for hydroxylation is 1. The van der Waals surface area contributed by atoms with Crippen molar-refractivity contribution in [3.05, 3.63) is 29.6 Å². The van der Waals surface area contributed by atoms with Crippen molar-refractivity contribution in [2.75, 3.05) is 0 Å². The smallest absolute Gasteiger partial charge is 0.0807 e. The maximum Gasteiger partial charge on any atom is 0.0807 e. The number of aliphatic hydroxyl groups excluding tert-OH is 1. The van der Waals surface area contributed by atoms with Gasteiger partial charge in [0.2, 0.25) is 0 Å². The maximum atomic E-state index is 10.1. The fourth-order valence-corrected chi connectivity index (χ4v) is 2.46. The highest BCUT2D eigenvalue weighted by Crippen LogP contribution is 2.32. The van der Waals surface area contributed by atoms with Gasteiger partial charge in [0.25, 0.3) is 0 Å². The molecule has 1 saturated carbocycles. The summed E-state index contributed by atoms with van der Waals surface area (Å²) >= 11 is 0. The summed E-state index contributed by atoms with van der Waals surface area (Å²) in [6.45, 7) is 2.01. The van der Waals surface area contributed by atoms with Crippen LogP contribution in [0.25, 0.3) is 0 Å². The van der Waals surface area contributed by atoms with Crippen LogP contribution in [0.5, 0.6) is 0 Å². The Labute approximate surface area is 91.4 Å². The first kappa shape index (κ1) is 10.6. The van der Waals surface area contributed by atoms with Gasteiger partial charge in [0, 0.05) is 12.4 Å². The van der Waals surface area contributed by atoms with E-state index in [2.05, 4.69) is 4.98 Å². The van der Waals surface area contributed by atoms with Gasteiger partial charge in [-0.15, -0.1) is 0 Å². The number of nitrogens with zero attached hydrogens (tertiary/aromatic N) is 1. The highest BCUT2D eigenvalue weighted by molar-refractivity contribution is 5.18. The van der Waals surface area contributed by atoms with Gasteiger partial charge in [-0.05, 0) is 30.4 Å². The lowest BCUT2D eigenvalue weighted by Crippen LogP contribution is -2.04. The number of aliphatic hydroxyl groups is 1. The molecule has 1 heterocycles. The molecule has 0 radical (unpaired) electrons. The molecule has 1 aromatic heterocycles. The minimum absolute atomic E-state index is 0.319. The highest BCUT2D eigenvalue weighted by Gasteiger charge is 2.19. The van der Waals surface area contributed by atoms with Crippen LogP contribution in [0.2, 0.25) is 0 Å². The molecule has 0 spiro atoms. The Balaban J connectivity index is 1.97. The van der Waals surface area contributed by atoms with Crippen LogP contribution in [0.4, 0.5) is 0 Å². The Hall–Kier alpha value is -0.890.